The van der Waals surface area contributed by atoms with Gasteiger partial charge in [0.25, 0.3) is 0 Å². The van der Waals surface area contributed by atoms with Crippen LogP contribution in [0.25, 0.3) is 0 Å². The maximum Gasteiger partial charge on any atom is 0.187 e. The maximum absolute atomic E-state index is 11.0. The quantitative estimate of drug-likeness (QED) is 0.132. The van der Waals surface area contributed by atoms with Crippen molar-refractivity contribution in [2.45, 2.75) is 123 Å². The molecule has 6 heterocycles. The lowest BCUT2D eigenvalue weighted by molar-refractivity contribution is -0.366. The van der Waals surface area contributed by atoms with Crippen LogP contribution in [0.1, 0.15) is 0 Å². The molecule has 6 aliphatic rings. The summed E-state index contributed by atoms with van der Waals surface area (Å²) in [5.74, 6) is 0. The van der Waals surface area contributed by atoms with Crippen molar-refractivity contribution < 1.29 is 99.2 Å². The lowest BCUT2D eigenvalue weighted by atomic mass is 9.96. The van der Waals surface area contributed by atoms with Crippen molar-refractivity contribution in [2.24, 2.45) is 0 Å². The van der Waals surface area contributed by atoms with Gasteiger partial charge in [0, 0.05) is 0 Å². The number of hydrogen-bond acceptors (Lipinski definition) is 20. The molecule has 6 rings (SSSR count). The summed E-state index contributed by atoms with van der Waals surface area (Å²) in [6.07, 6.45) is -34.7. The third-order valence-corrected chi connectivity index (χ3v) is 8.41. The predicted octanol–water partition coefficient (Wildman–Crippen LogP) is -8.70. The van der Waals surface area contributed by atoms with E-state index in [0.717, 1.165) is 0 Å². The van der Waals surface area contributed by atoms with Crippen molar-refractivity contribution in [1.29, 1.82) is 0 Å². The summed E-state index contributed by atoms with van der Waals surface area (Å²) in [6.45, 7) is -2.95. The molecule has 20 atom stereocenters. The van der Waals surface area contributed by atoms with Gasteiger partial charge in [-0.15, -0.1) is 0 Å². The number of hydrogen-bond donors (Lipinski definition) is 12. The molecule has 20 heteroatoms. The lowest BCUT2D eigenvalue weighted by Crippen LogP contribution is -2.65. The molecule has 12 N–H and O–H groups in total. The van der Waals surface area contributed by atoms with E-state index in [0.29, 0.717) is 0 Å². The molecule has 6 saturated heterocycles. The fourth-order valence-electron chi connectivity index (χ4n) is 5.73. The van der Waals surface area contributed by atoms with E-state index in [4.69, 9.17) is 37.9 Å². The summed E-state index contributed by atoms with van der Waals surface area (Å²) >= 11 is 0. The van der Waals surface area contributed by atoms with Crippen LogP contribution in [0.5, 0.6) is 0 Å². The second kappa shape index (κ2) is 14.1. The highest BCUT2D eigenvalue weighted by Gasteiger charge is 2.54. The topological polar surface area (TPSA) is 317 Å². The number of aliphatic hydroxyl groups excluding tert-OH is 12. The molecule has 0 radical (unpaired) electrons. The zero-order valence-electron chi connectivity index (χ0n) is 23.0. The molecule has 6 fully saturated rings. The summed E-state index contributed by atoms with van der Waals surface area (Å²) in [5.41, 5.74) is 0. The predicted molar refractivity (Wildman–Crippen MR) is 131 cm³/mol. The zero-order chi connectivity index (χ0) is 32.0. The van der Waals surface area contributed by atoms with E-state index in [1.807, 2.05) is 0 Å². The van der Waals surface area contributed by atoms with Gasteiger partial charge in [-0.2, -0.15) is 0 Å². The Kier molecular flexibility index (Phi) is 11.1. The second-order valence-corrected chi connectivity index (χ2v) is 11.3. The van der Waals surface area contributed by atoms with Crippen molar-refractivity contribution in [3.63, 3.8) is 0 Å². The first-order valence-corrected chi connectivity index (χ1v) is 14.1. The Hall–Kier alpha value is -0.800. The van der Waals surface area contributed by atoms with Crippen molar-refractivity contribution in [2.75, 3.05) is 26.4 Å². The van der Waals surface area contributed by atoms with E-state index in [9.17, 15) is 61.3 Å². The van der Waals surface area contributed by atoms with Gasteiger partial charge in [0.2, 0.25) is 0 Å². The fraction of sp³-hybridized carbons (Fsp3) is 1.00. The lowest BCUT2D eigenvalue weighted by Gasteiger charge is -2.46. The summed E-state index contributed by atoms with van der Waals surface area (Å²) in [7, 11) is 0. The van der Waals surface area contributed by atoms with E-state index in [2.05, 4.69) is 0 Å². The largest absolute Gasteiger partial charge is 0.394 e. The minimum absolute atomic E-state index is 0.664. The standard InChI is InChI=1S/C24H40O20/c25-1-5-11(29)20-18(36)22(39-5)38-4-8-10(28)12(30)15(33)23(41-8)43-19-6(2-26)40-21(17(35)14(19)32)37-3-7-9(27)13(31)16(34)24(42-7)44-20/h5-36H,1-4H2/t5-,6-,7-,8-,9-,10-,11-,12+,13+,14-,15-,16-,17-,18-,19-,20+,21+,22+,23-,24-/m1/s1. The molecular weight excluding hydrogens is 608 g/mol. The molecule has 0 aromatic carbocycles. The smallest absolute Gasteiger partial charge is 0.187 e. The molecule has 0 aromatic heterocycles. The van der Waals surface area contributed by atoms with Crippen LogP contribution in [-0.2, 0) is 37.9 Å². The van der Waals surface area contributed by atoms with E-state index in [1.54, 1.807) is 0 Å². The summed E-state index contributed by atoms with van der Waals surface area (Å²) in [4.78, 5) is 0. The van der Waals surface area contributed by atoms with Gasteiger partial charge < -0.3 is 99.2 Å². The second-order valence-electron chi connectivity index (χ2n) is 11.3. The van der Waals surface area contributed by atoms with Crippen LogP contribution in [0.3, 0.4) is 0 Å². The SMILES string of the molecule is OC[C@H]1O[C@@H]2OC[C@H]3O[C@H](O[C@H]4[C@H](O)[C@@H](O)[C@@H](OC[C@H]5O[C@H](O[C@H]([C@H]2O)[C@@H]1O)[C@H](O)[C@@H](O)[C@@H]5O)O[C@@H]4CO)[C@H](O)[C@@H](O)[C@@H]3O. The molecule has 8 bridgehead atoms. The Morgan fingerprint density at radius 3 is 1.30 bits per heavy atom. The van der Waals surface area contributed by atoms with Gasteiger partial charge in [-0.25, -0.2) is 0 Å². The van der Waals surface area contributed by atoms with Crippen LogP contribution in [0.15, 0.2) is 0 Å². The Morgan fingerprint density at radius 2 is 0.795 bits per heavy atom. The summed E-state index contributed by atoms with van der Waals surface area (Å²) in [5, 5.41) is 126. The van der Waals surface area contributed by atoms with Crippen molar-refractivity contribution >= 4 is 0 Å². The van der Waals surface area contributed by atoms with E-state index < -0.39 is 149 Å². The highest BCUT2D eigenvalue weighted by atomic mass is 16.8. The number of rotatable bonds is 2. The van der Waals surface area contributed by atoms with Gasteiger partial charge in [-0.05, 0) is 0 Å². The van der Waals surface area contributed by atoms with E-state index in [1.165, 1.54) is 0 Å². The summed E-state index contributed by atoms with van der Waals surface area (Å²) < 4.78 is 44.3. The zero-order valence-corrected chi connectivity index (χ0v) is 23.0. The normalized spacial score (nSPS) is 55.9. The molecule has 44 heavy (non-hydrogen) atoms. The average Bonchev–Trinajstić information content (AvgIpc) is 3.01. The minimum Gasteiger partial charge on any atom is -0.394 e. The molecule has 0 unspecified atom stereocenters. The fourth-order valence-corrected chi connectivity index (χ4v) is 5.73. The summed E-state index contributed by atoms with van der Waals surface area (Å²) in [6, 6.07) is 0. The average molecular weight is 649 g/mol. The molecule has 256 valence electrons. The van der Waals surface area contributed by atoms with Crippen molar-refractivity contribution in [3.8, 4) is 0 Å². The first-order chi connectivity index (χ1) is 20.9. The third kappa shape index (κ3) is 6.50. The highest BCUT2D eigenvalue weighted by molar-refractivity contribution is 4.97. The Morgan fingerprint density at radius 1 is 0.364 bits per heavy atom. The van der Waals surface area contributed by atoms with Crippen molar-refractivity contribution in [1.82, 2.24) is 0 Å². The van der Waals surface area contributed by atoms with Gasteiger partial charge in [0.15, 0.2) is 25.2 Å². The van der Waals surface area contributed by atoms with Gasteiger partial charge in [0.05, 0.1) is 26.4 Å². The first kappa shape index (κ1) is 34.5. The Labute approximate surface area is 249 Å². The Bertz CT molecular complexity index is 930. The van der Waals surface area contributed by atoms with Gasteiger partial charge in [-0.1, -0.05) is 0 Å². The first-order valence-electron chi connectivity index (χ1n) is 14.1. The number of aliphatic hydroxyl groups is 12. The Balaban J connectivity index is 1.47. The van der Waals surface area contributed by atoms with Crippen LogP contribution in [0.4, 0.5) is 0 Å². The van der Waals surface area contributed by atoms with Crippen molar-refractivity contribution in [3.05, 3.63) is 0 Å². The van der Waals surface area contributed by atoms with E-state index >= 15 is 0 Å². The third-order valence-electron chi connectivity index (χ3n) is 8.41. The minimum atomic E-state index is -1.93. The molecule has 0 saturated carbocycles. The molecule has 0 aliphatic carbocycles. The van der Waals surface area contributed by atoms with Gasteiger partial charge in [0.1, 0.15) is 97.7 Å². The molecular formula is C24H40O20. The van der Waals surface area contributed by atoms with Crippen LogP contribution < -0.4 is 0 Å². The van der Waals surface area contributed by atoms with Gasteiger partial charge in [-0.3, -0.25) is 0 Å². The molecule has 0 spiro atoms. The van der Waals surface area contributed by atoms with E-state index in [-0.39, 0.29) is 0 Å². The molecule has 0 aromatic rings. The van der Waals surface area contributed by atoms with Gasteiger partial charge >= 0.3 is 0 Å². The molecule has 0 amide bonds. The van der Waals surface area contributed by atoms with Crippen LogP contribution in [0, 0.1) is 0 Å². The maximum atomic E-state index is 11.0. The van der Waals surface area contributed by atoms with Crippen LogP contribution >= 0.6 is 0 Å². The van der Waals surface area contributed by atoms with Crippen LogP contribution in [0.2, 0.25) is 0 Å². The monoisotopic (exact) mass is 648 g/mol. The molecule has 6 aliphatic heterocycles. The molecule has 20 nitrogen and oxygen atoms in total. The number of fused-ring (bicyclic) bond motifs is 4. The highest BCUT2D eigenvalue weighted by Crippen LogP contribution is 2.33. The van der Waals surface area contributed by atoms with Crippen LogP contribution in [-0.4, -0.2) is 211 Å². The number of ether oxygens (including phenoxy) is 8.